The van der Waals surface area contributed by atoms with Crippen LogP contribution >= 0.6 is 0 Å². The lowest BCUT2D eigenvalue weighted by Crippen LogP contribution is -2.51. The van der Waals surface area contributed by atoms with Crippen LogP contribution in [-0.2, 0) is 23.1 Å². The van der Waals surface area contributed by atoms with Gasteiger partial charge in [-0.3, -0.25) is 14.5 Å². The molecular formula is C33H41N3O4. The molecule has 7 heteroatoms. The Labute approximate surface area is 237 Å². The van der Waals surface area contributed by atoms with E-state index in [-0.39, 0.29) is 17.2 Å². The summed E-state index contributed by atoms with van der Waals surface area (Å²) in [6, 6.07) is 14.2. The number of likely N-dealkylation sites (tertiary alicyclic amines) is 1. The largest absolute Gasteiger partial charge is 0.390 e. The van der Waals surface area contributed by atoms with Crippen LogP contribution in [-0.4, -0.2) is 90.2 Å². The number of methoxy groups -OCH3 is 1. The van der Waals surface area contributed by atoms with Crippen molar-refractivity contribution in [3.05, 3.63) is 70.3 Å². The van der Waals surface area contributed by atoms with E-state index in [2.05, 4.69) is 29.2 Å². The van der Waals surface area contributed by atoms with Crippen LogP contribution in [0.2, 0.25) is 0 Å². The number of amides is 2. The molecule has 0 bridgehead atoms. The highest BCUT2D eigenvalue weighted by Gasteiger charge is 2.52. The highest BCUT2D eigenvalue weighted by atomic mass is 16.5. The van der Waals surface area contributed by atoms with E-state index in [1.54, 1.807) is 7.11 Å². The average Bonchev–Trinajstić information content (AvgIpc) is 3.74. The Balaban J connectivity index is 0.998. The highest BCUT2D eigenvalue weighted by molar-refractivity contribution is 6.01. The van der Waals surface area contributed by atoms with Crippen molar-refractivity contribution in [2.24, 2.45) is 5.41 Å². The first-order valence-corrected chi connectivity index (χ1v) is 15.1. The second-order valence-electron chi connectivity index (χ2n) is 13.2. The number of hydrogen-bond acceptors (Lipinski definition) is 5. The maximum Gasteiger partial charge on any atom is 0.254 e. The van der Waals surface area contributed by atoms with E-state index in [4.69, 9.17) is 4.74 Å². The first kappa shape index (κ1) is 26.2. The topological polar surface area (TPSA) is 73.3 Å². The third kappa shape index (κ3) is 4.66. The molecule has 2 aromatic carbocycles. The molecule has 1 N–H and O–H groups in total. The Hall–Kier alpha value is -2.74. The van der Waals surface area contributed by atoms with Gasteiger partial charge in [-0.05, 0) is 85.3 Å². The number of β-amino-alcohol motifs (C(OH)–C–C–N with tert-alkyl or cyclic N) is 1. The van der Waals surface area contributed by atoms with Gasteiger partial charge in [-0.15, -0.1) is 0 Å². The molecule has 5 aliphatic rings. The lowest BCUT2D eigenvalue weighted by molar-refractivity contribution is -0.0841. The number of rotatable bonds is 6. The Bertz CT molecular complexity index is 1300. The maximum atomic E-state index is 13.6. The molecule has 0 aromatic heterocycles. The third-order valence-electron chi connectivity index (χ3n) is 10.6. The summed E-state index contributed by atoms with van der Waals surface area (Å²) in [6.07, 6.45) is 7.16. The van der Waals surface area contributed by atoms with Crippen molar-refractivity contribution >= 4 is 11.8 Å². The number of carbonyl (C=O) groups excluding carboxylic acids is 2. The molecular weight excluding hydrogens is 502 g/mol. The van der Waals surface area contributed by atoms with Gasteiger partial charge in [-0.2, -0.15) is 0 Å². The van der Waals surface area contributed by atoms with E-state index in [0.29, 0.717) is 42.3 Å². The first-order chi connectivity index (χ1) is 19.4. The van der Waals surface area contributed by atoms with E-state index in [1.807, 2.05) is 28.0 Å². The van der Waals surface area contributed by atoms with Gasteiger partial charge in [0, 0.05) is 69.5 Å². The minimum Gasteiger partial charge on any atom is -0.390 e. The predicted octanol–water partition coefficient (Wildman–Crippen LogP) is 3.62. The van der Waals surface area contributed by atoms with Gasteiger partial charge in [0.1, 0.15) is 0 Å². The van der Waals surface area contributed by atoms with Crippen LogP contribution in [0.5, 0.6) is 0 Å². The number of benzene rings is 2. The summed E-state index contributed by atoms with van der Waals surface area (Å²) in [5.41, 5.74) is 5.47. The molecule has 0 radical (unpaired) electrons. The smallest absolute Gasteiger partial charge is 0.254 e. The minimum atomic E-state index is -0.593. The molecule has 2 saturated carbocycles. The summed E-state index contributed by atoms with van der Waals surface area (Å²) in [5.74, 6) is 0.0663. The van der Waals surface area contributed by atoms with Gasteiger partial charge in [0.25, 0.3) is 11.8 Å². The Kier molecular flexibility index (Phi) is 6.52. The van der Waals surface area contributed by atoms with Gasteiger partial charge in [-0.25, -0.2) is 0 Å². The molecule has 0 unspecified atom stereocenters. The van der Waals surface area contributed by atoms with Gasteiger partial charge in [0.15, 0.2) is 0 Å². The summed E-state index contributed by atoms with van der Waals surface area (Å²) in [6.45, 7) is 4.90. The van der Waals surface area contributed by atoms with Crippen molar-refractivity contribution in [3.63, 3.8) is 0 Å². The number of ether oxygens (including phenoxy) is 1. The fourth-order valence-electron chi connectivity index (χ4n) is 7.89. The van der Waals surface area contributed by atoms with Gasteiger partial charge < -0.3 is 19.6 Å². The fourth-order valence-corrected chi connectivity index (χ4v) is 7.89. The van der Waals surface area contributed by atoms with Crippen molar-refractivity contribution in [2.75, 3.05) is 46.4 Å². The molecule has 1 saturated heterocycles. The van der Waals surface area contributed by atoms with E-state index in [9.17, 15) is 14.7 Å². The standard InChI is InChI=1S/C33H41N3O4/c1-40-27-17-32(18-27)11-14-35(15-12-32)30(38)24-6-7-28-29(16-24)33(9-10-33)22-36(31(28)39)21-26(37)20-34-13-8-23-4-2-3-5-25(23)19-34/h2-7,16,26-27,37H,8-15,17-22H2,1H3/t26-/m1/s1. The number of nitrogens with zero attached hydrogens (tertiary/aromatic N) is 3. The second kappa shape index (κ2) is 9.97. The summed E-state index contributed by atoms with van der Waals surface area (Å²) in [4.78, 5) is 33.2. The zero-order chi connectivity index (χ0) is 27.5. The molecule has 2 aliphatic carbocycles. The number of piperidine rings is 1. The lowest BCUT2D eigenvalue weighted by atomic mass is 9.61. The van der Waals surface area contributed by atoms with Crippen molar-refractivity contribution in [1.29, 1.82) is 0 Å². The number of carbonyl (C=O) groups is 2. The molecule has 40 heavy (non-hydrogen) atoms. The molecule has 212 valence electrons. The zero-order valence-electron chi connectivity index (χ0n) is 23.6. The molecule has 3 fully saturated rings. The molecule has 3 heterocycles. The highest BCUT2D eigenvalue weighted by Crippen LogP contribution is 2.53. The first-order valence-electron chi connectivity index (χ1n) is 15.1. The molecule has 7 rings (SSSR count). The normalized spacial score (nSPS) is 24.0. The summed E-state index contributed by atoms with van der Waals surface area (Å²) >= 11 is 0. The van der Waals surface area contributed by atoms with Crippen molar-refractivity contribution < 1.29 is 19.4 Å². The summed E-state index contributed by atoms with van der Waals surface area (Å²) in [7, 11) is 1.79. The zero-order valence-corrected chi connectivity index (χ0v) is 23.6. The van der Waals surface area contributed by atoms with Crippen LogP contribution in [0, 0.1) is 5.41 Å². The number of aliphatic hydroxyl groups excluding tert-OH is 1. The van der Waals surface area contributed by atoms with Crippen LogP contribution in [0.15, 0.2) is 42.5 Å². The van der Waals surface area contributed by atoms with Gasteiger partial charge in [0.2, 0.25) is 0 Å². The lowest BCUT2D eigenvalue weighted by Gasteiger charge is -2.51. The molecule has 2 amide bonds. The number of hydrogen-bond donors (Lipinski definition) is 1. The Morgan fingerprint density at radius 3 is 2.50 bits per heavy atom. The fraction of sp³-hybridized carbons (Fsp3) is 0.576. The maximum absolute atomic E-state index is 13.6. The van der Waals surface area contributed by atoms with Crippen molar-refractivity contribution in [1.82, 2.24) is 14.7 Å². The van der Waals surface area contributed by atoms with Crippen LogP contribution in [0.25, 0.3) is 0 Å². The second-order valence-corrected chi connectivity index (χ2v) is 13.2. The van der Waals surface area contributed by atoms with E-state index < -0.39 is 6.10 Å². The van der Waals surface area contributed by atoms with Crippen molar-refractivity contribution in [3.8, 4) is 0 Å². The summed E-state index contributed by atoms with van der Waals surface area (Å²) in [5, 5.41) is 11.0. The number of aliphatic hydroxyl groups is 1. The Morgan fingerprint density at radius 1 is 1.02 bits per heavy atom. The number of fused-ring (bicyclic) bond motifs is 3. The quantitative estimate of drug-likeness (QED) is 0.603. The molecule has 1 atom stereocenters. The Morgan fingerprint density at radius 2 is 1.77 bits per heavy atom. The molecule has 7 nitrogen and oxygen atoms in total. The monoisotopic (exact) mass is 543 g/mol. The van der Waals surface area contributed by atoms with Crippen LogP contribution in [0.1, 0.15) is 75.9 Å². The third-order valence-corrected chi connectivity index (χ3v) is 10.6. The molecule has 3 aliphatic heterocycles. The average molecular weight is 544 g/mol. The van der Waals surface area contributed by atoms with Crippen LogP contribution in [0.3, 0.4) is 0 Å². The summed E-state index contributed by atoms with van der Waals surface area (Å²) < 4.78 is 5.49. The van der Waals surface area contributed by atoms with Crippen LogP contribution in [0.4, 0.5) is 0 Å². The van der Waals surface area contributed by atoms with E-state index in [0.717, 1.165) is 76.7 Å². The van der Waals surface area contributed by atoms with E-state index in [1.165, 1.54) is 11.1 Å². The predicted molar refractivity (Wildman–Crippen MR) is 152 cm³/mol. The van der Waals surface area contributed by atoms with Gasteiger partial charge >= 0.3 is 0 Å². The SMILES string of the molecule is COC1CC2(CCN(C(=O)c3ccc4c(c3)C3(CC3)CN(C[C@H](O)CN3CCc5ccccc5C3)C4=O)CC2)C1. The molecule has 2 spiro atoms. The van der Waals surface area contributed by atoms with Crippen molar-refractivity contribution in [2.45, 2.75) is 69.1 Å². The van der Waals surface area contributed by atoms with Gasteiger partial charge in [-0.1, -0.05) is 24.3 Å². The van der Waals surface area contributed by atoms with Crippen LogP contribution < -0.4 is 0 Å². The minimum absolute atomic E-state index is 0.0211. The van der Waals surface area contributed by atoms with Gasteiger partial charge in [0.05, 0.1) is 12.2 Å². The van der Waals surface area contributed by atoms with E-state index >= 15 is 0 Å². The molecule has 2 aromatic rings.